The van der Waals surface area contributed by atoms with Crippen LogP contribution in [0.5, 0.6) is 0 Å². The van der Waals surface area contributed by atoms with Crippen LogP contribution in [-0.2, 0) is 24.5 Å². The third-order valence-corrected chi connectivity index (χ3v) is 4.52. The minimum atomic E-state index is -2.63. The summed E-state index contributed by atoms with van der Waals surface area (Å²) in [6.07, 6.45) is 0. The van der Waals surface area contributed by atoms with E-state index in [9.17, 15) is 0 Å². The first-order valence-electron chi connectivity index (χ1n) is 8.47. The molecule has 4 nitrogen and oxygen atoms in total. The van der Waals surface area contributed by atoms with Gasteiger partial charge in [-0.15, -0.1) is 0 Å². The summed E-state index contributed by atoms with van der Waals surface area (Å²) in [7, 11) is -2.63. The van der Waals surface area contributed by atoms with E-state index in [1.807, 2.05) is 101 Å². The lowest BCUT2D eigenvalue weighted by atomic mass is 9.88. The second-order valence-corrected chi connectivity index (χ2v) is 10.7. The van der Waals surface area contributed by atoms with E-state index in [-0.39, 0.29) is 0 Å². The summed E-state index contributed by atoms with van der Waals surface area (Å²) in [6.45, 7) is 11.5. The molecule has 0 saturated carbocycles. The Kier molecular flexibility index (Phi) is 6.19. The molecule has 0 aliphatic carbocycles. The predicted octanol–water partition coefficient (Wildman–Crippen LogP) is 5.35. The van der Waals surface area contributed by atoms with Gasteiger partial charge in [0.05, 0.1) is 5.60 Å². The van der Waals surface area contributed by atoms with Crippen LogP contribution in [0.1, 0.15) is 38.8 Å². The van der Waals surface area contributed by atoms with Crippen LogP contribution in [-0.4, -0.2) is 14.2 Å². The lowest BCUT2D eigenvalue weighted by Gasteiger charge is -2.33. The Labute approximate surface area is 151 Å². The SMILES string of the molecule is CC(C)(C)OO[Si](C)(C)OOC(C)(c1ccccc1)c1ccccc1. The largest absolute Gasteiger partial charge is 0.403 e. The van der Waals surface area contributed by atoms with E-state index in [1.54, 1.807) is 0 Å². The number of hydrogen-bond donors (Lipinski definition) is 0. The summed E-state index contributed by atoms with van der Waals surface area (Å²) < 4.78 is 11.3. The molecule has 5 heteroatoms. The molecule has 0 fully saturated rings. The summed E-state index contributed by atoms with van der Waals surface area (Å²) in [6, 6.07) is 20.0. The average molecular weight is 361 g/mol. The monoisotopic (exact) mass is 360 g/mol. The fourth-order valence-electron chi connectivity index (χ4n) is 2.20. The quantitative estimate of drug-likeness (QED) is 0.379. The molecule has 136 valence electrons. The molecule has 0 unspecified atom stereocenters. The Morgan fingerprint density at radius 1 is 0.640 bits per heavy atom. The molecule has 0 radical (unpaired) electrons. The number of benzene rings is 2. The van der Waals surface area contributed by atoms with Gasteiger partial charge in [-0.05, 0) is 51.9 Å². The van der Waals surface area contributed by atoms with Crippen LogP contribution in [0.4, 0.5) is 0 Å². The van der Waals surface area contributed by atoms with E-state index in [2.05, 4.69) is 0 Å². The molecule has 0 N–H and O–H groups in total. The van der Waals surface area contributed by atoms with E-state index in [4.69, 9.17) is 18.9 Å². The smallest absolute Gasteiger partial charge is 0.248 e. The molecule has 0 amide bonds. The van der Waals surface area contributed by atoms with Crippen molar-refractivity contribution in [3.8, 4) is 0 Å². The van der Waals surface area contributed by atoms with Gasteiger partial charge in [0.2, 0.25) is 0 Å². The Bertz CT molecular complexity index is 611. The highest BCUT2D eigenvalue weighted by Crippen LogP contribution is 2.34. The highest BCUT2D eigenvalue weighted by atomic mass is 28.4. The highest BCUT2D eigenvalue weighted by Gasteiger charge is 2.37. The van der Waals surface area contributed by atoms with Gasteiger partial charge in [-0.3, -0.25) is 0 Å². The van der Waals surface area contributed by atoms with Gasteiger partial charge in [-0.2, -0.15) is 0 Å². The van der Waals surface area contributed by atoms with Crippen LogP contribution in [0.2, 0.25) is 13.1 Å². The molecule has 0 bridgehead atoms. The maximum absolute atomic E-state index is 5.99. The Morgan fingerprint density at radius 3 is 1.44 bits per heavy atom. The summed E-state index contributed by atoms with van der Waals surface area (Å²) in [5.41, 5.74) is 0.846. The van der Waals surface area contributed by atoms with Crippen LogP contribution >= 0.6 is 0 Å². The maximum atomic E-state index is 5.99. The first-order chi connectivity index (χ1) is 11.6. The molecule has 25 heavy (non-hydrogen) atoms. The van der Waals surface area contributed by atoms with Crippen molar-refractivity contribution in [2.45, 2.75) is 52.0 Å². The van der Waals surface area contributed by atoms with Crippen molar-refractivity contribution in [3.05, 3.63) is 71.8 Å². The number of hydrogen-bond acceptors (Lipinski definition) is 4. The van der Waals surface area contributed by atoms with E-state index < -0.39 is 19.8 Å². The van der Waals surface area contributed by atoms with Crippen LogP contribution in [0, 0.1) is 0 Å². The highest BCUT2D eigenvalue weighted by molar-refractivity contribution is 6.64. The second-order valence-electron chi connectivity index (χ2n) is 7.61. The van der Waals surface area contributed by atoms with E-state index in [1.165, 1.54) is 0 Å². The third kappa shape index (κ3) is 5.76. The van der Waals surface area contributed by atoms with Crippen molar-refractivity contribution in [2.75, 3.05) is 0 Å². The van der Waals surface area contributed by atoms with Gasteiger partial charge in [-0.1, -0.05) is 60.7 Å². The second kappa shape index (κ2) is 7.80. The van der Waals surface area contributed by atoms with Crippen molar-refractivity contribution in [2.24, 2.45) is 0 Å². The fourth-order valence-corrected chi connectivity index (χ4v) is 3.04. The molecule has 2 rings (SSSR count). The zero-order chi connectivity index (χ0) is 18.6. The molecule has 0 aromatic heterocycles. The maximum Gasteiger partial charge on any atom is 0.403 e. The standard InChI is InChI=1S/C20H28O4Si/c1-19(2,3)21-23-25(5,6)24-22-20(4,17-13-9-7-10-14-17)18-15-11-8-12-16-18/h7-16H,1-6H3. The van der Waals surface area contributed by atoms with E-state index in [0.29, 0.717) is 0 Å². The lowest BCUT2D eigenvalue weighted by molar-refractivity contribution is -0.348. The Morgan fingerprint density at radius 2 is 1.04 bits per heavy atom. The van der Waals surface area contributed by atoms with E-state index >= 15 is 0 Å². The minimum absolute atomic E-state index is 0.407. The van der Waals surface area contributed by atoms with Crippen LogP contribution in [0.15, 0.2) is 60.7 Å². The minimum Gasteiger partial charge on any atom is -0.248 e. The lowest BCUT2D eigenvalue weighted by Crippen LogP contribution is -2.41. The molecule has 0 aliphatic heterocycles. The summed E-state index contributed by atoms with van der Waals surface area (Å²) in [5, 5.41) is 0. The van der Waals surface area contributed by atoms with Gasteiger partial charge in [0, 0.05) is 0 Å². The van der Waals surface area contributed by atoms with Crippen molar-refractivity contribution < 1.29 is 18.9 Å². The van der Waals surface area contributed by atoms with Gasteiger partial charge in [0.25, 0.3) is 0 Å². The van der Waals surface area contributed by atoms with Gasteiger partial charge in [0.1, 0.15) is 5.60 Å². The molecule has 0 spiro atoms. The molecule has 0 saturated heterocycles. The zero-order valence-electron chi connectivity index (χ0n) is 15.9. The molecule has 0 atom stereocenters. The molecule has 0 heterocycles. The first kappa shape index (κ1) is 19.8. The third-order valence-electron chi connectivity index (χ3n) is 3.55. The van der Waals surface area contributed by atoms with Crippen LogP contribution in [0.3, 0.4) is 0 Å². The van der Waals surface area contributed by atoms with Gasteiger partial charge in [0.15, 0.2) is 0 Å². The Balaban J connectivity index is 2.21. The predicted molar refractivity (Wildman–Crippen MR) is 101 cm³/mol. The average Bonchev–Trinajstić information content (AvgIpc) is 2.59. The summed E-state index contributed by atoms with van der Waals surface area (Å²) in [4.78, 5) is 11.4. The van der Waals surface area contributed by atoms with Crippen molar-refractivity contribution in [3.63, 3.8) is 0 Å². The molecular formula is C20H28O4Si. The summed E-state index contributed by atoms with van der Waals surface area (Å²) in [5.74, 6) is 0. The van der Waals surface area contributed by atoms with Crippen molar-refractivity contribution >= 4 is 8.56 Å². The van der Waals surface area contributed by atoms with Gasteiger partial charge >= 0.3 is 8.56 Å². The fraction of sp³-hybridized carbons (Fsp3) is 0.400. The molecule has 0 aliphatic rings. The number of rotatable bonds is 7. The normalized spacial score (nSPS) is 13.0. The topological polar surface area (TPSA) is 36.9 Å². The van der Waals surface area contributed by atoms with E-state index in [0.717, 1.165) is 11.1 Å². The van der Waals surface area contributed by atoms with Gasteiger partial charge in [-0.25, -0.2) is 18.9 Å². The molecule has 2 aromatic carbocycles. The van der Waals surface area contributed by atoms with Gasteiger partial charge < -0.3 is 0 Å². The molecular weight excluding hydrogens is 332 g/mol. The molecule has 2 aromatic rings. The Hall–Kier alpha value is -1.50. The summed E-state index contributed by atoms with van der Waals surface area (Å²) >= 11 is 0. The first-order valence-corrected chi connectivity index (χ1v) is 11.3. The van der Waals surface area contributed by atoms with Crippen molar-refractivity contribution in [1.29, 1.82) is 0 Å². The van der Waals surface area contributed by atoms with Crippen LogP contribution in [0.25, 0.3) is 0 Å². The van der Waals surface area contributed by atoms with Crippen LogP contribution < -0.4 is 0 Å². The zero-order valence-corrected chi connectivity index (χ0v) is 16.9. The van der Waals surface area contributed by atoms with Crippen molar-refractivity contribution in [1.82, 2.24) is 0 Å².